The zero-order valence-corrected chi connectivity index (χ0v) is 14.3. The molecule has 106 valence electrons. The Morgan fingerprint density at radius 2 is 2.05 bits per heavy atom. The van der Waals surface area contributed by atoms with Gasteiger partial charge in [-0.05, 0) is 46.3 Å². The molecule has 1 N–H and O–H groups in total. The third kappa shape index (κ3) is 3.39. The van der Waals surface area contributed by atoms with E-state index < -0.39 is 0 Å². The first-order valence-corrected chi connectivity index (χ1v) is 8.18. The Morgan fingerprint density at radius 1 is 1.19 bits per heavy atom. The number of halogens is 2. The topological polar surface area (TPSA) is 68.0 Å². The SMILES string of the molecule is O=C(Nc1nnc(-c2cccc(Br)c2)o1)c1ccc(Br)s1. The molecule has 0 radical (unpaired) electrons. The van der Waals surface area contributed by atoms with Gasteiger partial charge in [0.25, 0.3) is 5.91 Å². The van der Waals surface area contributed by atoms with Crippen LogP contribution < -0.4 is 5.32 Å². The molecule has 0 fully saturated rings. The number of benzene rings is 1. The van der Waals surface area contributed by atoms with E-state index in [2.05, 4.69) is 47.4 Å². The van der Waals surface area contributed by atoms with Gasteiger partial charge in [-0.2, -0.15) is 0 Å². The third-order valence-corrected chi connectivity index (χ3v) is 4.63. The first-order valence-electron chi connectivity index (χ1n) is 5.78. The van der Waals surface area contributed by atoms with Crippen LogP contribution in [0.15, 0.2) is 49.1 Å². The second kappa shape index (κ2) is 6.08. The molecule has 5 nitrogen and oxygen atoms in total. The Labute approximate surface area is 140 Å². The number of hydrogen-bond donors (Lipinski definition) is 1. The summed E-state index contributed by atoms with van der Waals surface area (Å²) in [7, 11) is 0. The van der Waals surface area contributed by atoms with Crippen LogP contribution in [0.25, 0.3) is 11.5 Å². The number of rotatable bonds is 3. The number of aromatic nitrogens is 2. The summed E-state index contributed by atoms with van der Waals surface area (Å²) in [4.78, 5) is 12.5. The van der Waals surface area contributed by atoms with Gasteiger partial charge in [-0.3, -0.25) is 10.1 Å². The summed E-state index contributed by atoms with van der Waals surface area (Å²) in [5, 5.41) is 10.3. The number of carbonyl (C=O) groups excluding carboxylic acids is 1. The van der Waals surface area contributed by atoms with E-state index >= 15 is 0 Å². The van der Waals surface area contributed by atoms with Gasteiger partial charge in [0.1, 0.15) is 0 Å². The van der Waals surface area contributed by atoms with Crippen LogP contribution in [0.3, 0.4) is 0 Å². The maximum atomic E-state index is 12.0. The normalized spacial score (nSPS) is 10.6. The maximum absolute atomic E-state index is 12.0. The van der Waals surface area contributed by atoms with Gasteiger partial charge in [-0.1, -0.05) is 27.1 Å². The molecule has 0 spiro atoms. The molecule has 0 bridgehead atoms. The number of hydrogen-bond acceptors (Lipinski definition) is 5. The fraction of sp³-hybridized carbons (Fsp3) is 0. The molecule has 0 aliphatic heterocycles. The molecule has 0 unspecified atom stereocenters. The third-order valence-electron chi connectivity index (χ3n) is 2.51. The Hall–Kier alpha value is -1.51. The van der Waals surface area contributed by atoms with Gasteiger partial charge in [-0.25, -0.2) is 0 Å². The largest absolute Gasteiger partial charge is 0.403 e. The summed E-state index contributed by atoms with van der Waals surface area (Å²) in [6.45, 7) is 0. The van der Waals surface area contributed by atoms with Gasteiger partial charge in [0, 0.05) is 10.0 Å². The van der Waals surface area contributed by atoms with Gasteiger partial charge in [-0.15, -0.1) is 16.4 Å². The molecule has 2 aromatic heterocycles. The average molecular weight is 429 g/mol. The molecular formula is C13H7Br2N3O2S. The molecular weight excluding hydrogens is 422 g/mol. The van der Waals surface area contributed by atoms with Crippen molar-refractivity contribution in [2.75, 3.05) is 5.32 Å². The molecule has 1 amide bonds. The fourth-order valence-corrected chi connectivity index (χ4v) is 3.29. The minimum Gasteiger partial charge on any atom is -0.403 e. The van der Waals surface area contributed by atoms with Crippen LogP contribution in [0.2, 0.25) is 0 Å². The van der Waals surface area contributed by atoms with Crippen LogP contribution in [0.4, 0.5) is 6.01 Å². The first-order chi connectivity index (χ1) is 10.1. The first kappa shape index (κ1) is 14.4. The molecule has 3 aromatic rings. The number of thiophene rings is 1. The lowest BCUT2D eigenvalue weighted by Crippen LogP contribution is -2.10. The van der Waals surface area contributed by atoms with Crippen molar-refractivity contribution < 1.29 is 9.21 Å². The molecule has 1 aromatic carbocycles. The molecule has 0 aliphatic carbocycles. The van der Waals surface area contributed by atoms with Gasteiger partial charge < -0.3 is 4.42 Å². The summed E-state index contributed by atoms with van der Waals surface area (Å²) in [6, 6.07) is 11.1. The second-order valence-electron chi connectivity index (χ2n) is 3.98. The molecule has 2 heterocycles. The van der Waals surface area contributed by atoms with E-state index in [4.69, 9.17) is 4.42 Å². The Morgan fingerprint density at radius 3 is 2.76 bits per heavy atom. The highest BCUT2D eigenvalue weighted by molar-refractivity contribution is 9.11. The summed E-state index contributed by atoms with van der Waals surface area (Å²) in [5.74, 6) is 0.0640. The van der Waals surface area contributed by atoms with E-state index in [-0.39, 0.29) is 11.9 Å². The molecule has 0 saturated carbocycles. The van der Waals surface area contributed by atoms with Crippen molar-refractivity contribution in [3.8, 4) is 11.5 Å². The van der Waals surface area contributed by atoms with Crippen molar-refractivity contribution in [1.29, 1.82) is 0 Å². The fourth-order valence-electron chi connectivity index (χ4n) is 1.61. The standard InChI is InChI=1S/C13H7Br2N3O2S/c14-8-3-1-2-7(6-8)12-17-18-13(20-12)16-11(19)9-4-5-10(15)21-9/h1-6H,(H,16,18,19). The van der Waals surface area contributed by atoms with Crippen LogP contribution in [-0.2, 0) is 0 Å². The molecule has 0 aliphatic rings. The minimum atomic E-state index is -0.282. The minimum absolute atomic E-state index is 0.0690. The lowest BCUT2D eigenvalue weighted by molar-refractivity contribution is 0.102. The van der Waals surface area contributed by atoms with Crippen molar-refractivity contribution in [3.05, 3.63) is 49.5 Å². The van der Waals surface area contributed by atoms with Gasteiger partial charge in [0.15, 0.2) is 0 Å². The van der Waals surface area contributed by atoms with Crippen molar-refractivity contribution in [1.82, 2.24) is 10.2 Å². The van der Waals surface area contributed by atoms with Crippen LogP contribution >= 0.6 is 43.2 Å². The van der Waals surface area contributed by atoms with Crippen LogP contribution in [0, 0.1) is 0 Å². The van der Waals surface area contributed by atoms with E-state index in [9.17, 15) is 4.79 Å². The van der Waals surface area contributed by atoms with E-state index in [1.807, 2.05) is 24.3 Å². The second-order valence-corrected chi connectivity index (χ2v) is 7.36. The summed E-state index contributed by atoms with van der Waals surface area (Å²) in [5.41, 5.74) is 0.774. The zero-order chi connectivity index (χ0) is 14.8. The molecule has 8 heteroatoms. The van der Waals surface area contributed by atoms with E-state index in [0.717, 1.165) is 13.8 Å². The van der Waals surface area contributed by atoms with E-state index in [1.54, 1.807) is 12.1 Å². The summed E-state index contributed by atoms with van der Waals surface area (Å²) in [6.07, 6.45) is 0. The van der Waals surface area contributed by atoms with Gasteiger partial charge in [0.2, 0.25) is 5.89 Å². The highest BCUT2D eigenvalue weighted by atomic mass is 79.9. The van der Waals surface area contributed by atoms with Crippen LogP contribution in [0.1, 0.15) is 9.67 Å². The highest BCUT2D eigenvalue weighted by Gasteiger charge is 2.14. The molecule has 3 rings (SSSR count). The van der Waals surface area contributed by atoms with Crippen molar-refractivity contribution in [2.24, 2.45) is 0 Å². The zero-order valence-electron chi connectivity index (χ0n) is 10.3. The Bertz CT molecular complexity index is 800. The van der Waals surface area contributed by atoms with Crippen LogP contribution in [-0.4, -0.2) is 16.1 Å². The number of carbonyl (C=O) groups is 1. The summed E-state index contributed by atoms with van der Waals surface area (Å²) >= 11 is 8.02. The van der Waals surface area contributed by atoms with Gasteiger partial charge in [0.05, 0.1) is 8.66 Å². The Kier molecular flexibility index (Phi) is 4.18. The summed E-state index contributed by atoms with van der Waals surface area (Å²) < 4.78 is 7.23. The number of anilines is 1. The predicted octanol–water partition coefficient (Wildman–Crippen LogP) is 4.58. The molecule has 0 atom stereocenters. The number of amides is 1. The van der Waals surface area contributed by atoms with Crippen LogP contribution in [0.5, 0.6) is 0 Å². The van der Waals surface area contributed by atoms with Crippen molar-refractivity contribution >= 4 is 55.1 Å². The molecule has 21 heavy (non-hydrogen) atoms. The lowest BCUT2D eigenvalue weighted by Gasteiger charge is -1.97. The Balaban J connectivity index is 1.78. The molecule has 0 saturated heterocycles. The lowest BCUT2D eigenvalue weighted by atomic mass is 10.2. The van der Waals surface area contributed by atoms with Gasteiger partial charge >= 0.3 is 6.01 Å². The van der Waals surface area contributed by atoms with Crippen molar-refractivity contribution in [2.45, 2.75) is 0 Å². The smallest absolute Gasteiger partial charge is 0.322 e. The maximum Gasteiger partial charge on any atom is 0.322 e. The highest BCUT2D eigenvalue weighted by Crippen LogP contribution is 2.25. The monoisotopic (exact) mass is 427 g/mol. The van der Waals surface area contributed by atoms with Crippen molar-refractivity contribution in [3.63, 3.8) is 0 Å². The predicted molar refractivity (Wildman–Crippen MR) is 87.4 cm³/mol. The average Bonchev–Trinajstić information content (AvgIpc) is 3.08. The quantitative estimate of drug-likeness (QED) is 0.663. The number of nitrogens with one attached hydrogen (secondary N) is 1. The van der Waals surface area contributed by atoms with E-state index in [0.29, 0.717) is 10.8 Å². The number of nitrogens with zero attached hydrogens (tertiary/aromatic N) is 2. The van der Waals surface area contributed by atoms with E-state index in [1.165, 1.54) is 11.3 Å².